The average molecular weight is 600 g/mol. The Labute approximate surface area is 251 Å². The molecule has 8 nitrogen and oxygen atoms in total. The summed E-state index contributed by atoms with van der Waals surface area (Å²) < 4.78 is 48.8. The molecule has 1 fully saturated rings. The van der Waals surface area contributed by atoms with E-state index in [9.17, 15) is 23.5 Å². The first-order valence-electron chi connectivity index (χ1n) is 14.2. The number of carboxylic acid groups (broad SMARTS) is 1. The zero-order chi connectivity index (χ0) is 30.5. The second-order valence-electron chi connectivity index (χ2n) is 11.2. The van der Waals surface area contributed by atoms with Crippen molar-refractivity contribution < 1.29 is 42.4 Å². The van der Waals surface area contributed by atoms with Crippen LogP contribution in [0.25, 0.3) is 0 Å². The van der Waals surface area contributed by atoms with Crippen molar-refractivity contribution in [2.24, 2.45) is 0 Å². The van der Waals surface area contributed by atoms with Gasteiger partial charge in [-0.15, -0.1) is 8.78 Å². The van der Waals surface area contributed by atoms with Crippen LogP contribution in [0.1, 0.15) is 64.0 Å². The normalized spacial score (nSPS) is 20.1. The lowest BCUT2D eigenvalue weighted by Gasteiger charge is -2.34. The van der Waals surface area contributed by atoms with E-state index in [0.29, 0.717) is 48.5 Å². The fourth-order valence-electron chi connectivity index (χ4n) is 5.81. The minimum atomic E-state index is -3.75. The smallest absolute Gasteiger partial charge is 0.489 e. The predicted octanol–water partition coefficient (Wildman–Crippen LogP) is 6.70. The van der Waals surface area contributed by atoms with Gasteiger partial charge in [-0.05, 0) is 65.9 Å². The van der Waals surface area contributed by atoms with Crippen LogP contribution in [0.15, 0.2) is 91.0 Å². The quantitative estimate of drug-likeness (QED) is 0.232. The van der Waals surface area contributed by atoms with Crippen LogP contribution < -0.4 is 24.3 Å². The van der Waals surface area contributed by atoms with Gasteiger partial charge in [-0.1, -0.05) is 48.5 Å². The SMILES string of the molecule is O=C(O)c1cccc([C@H]2C[C@@H](NC(=O)C3(c4ccc5c(c4)OC(F)(F)O5)CC3)c3ccc(OCc4ccccc4)cc3O2)c1. The number of carbonyl (C=O) groups is 2. The van der Waals surface area contributed by atoms with Gasteiger partial charge >= 0.3 is 12.3 Å². The van der Waals surface area contributed by atoms with Gasteiger partial charge < -0.3 is 29.4 Å². The molecule has 2 aliphatic heterocycles. The summed E-state index contributed by atoms with van der Waals surface area (Å²) in [5, 5.41) is 12.7. The van der Waals surface area contributed by atoms with E-state index < -0.39 is 29.8 Å². The number of halogens is 2. The van der Waals surface area contributed by atoms with Gasteiger partial charge in [0.1, 0.15) is 24.2 Å². The average Bonchev–Trinajstić information content (AvgIpc) is 3.77. The molecule has 0 saturated heterocycles. The number of amides is 1. The van der Waals surface area contributed by atoms with Gasteiger partial charge in [-0.2, -0.15) is 0 Å². The Balaban J connectivity index is 1.17. The molecule has 44 heavy (non-hydrogen) atoms. The fourth-order valence-corrected chi connectivity index (χ4v) is 5.81. The van der Waals surface area contributed by atoms with Gasteiger partial charge in [0, 0.05) is 18.1 Å². The van der Waals surface area contributed by atoms with Gasteiger partial charge in [0.2, 0.25) is 5.91 Å². The van der Waals surface area contributed by atoms with E-state index in [0.717, 1.165) is 11.1 Å². The summed E-state index contributed by atoms with van der Waals surface area (Å²) in [7, 11) is 0. The van der Waals surface area contributed by atoms with Crippen LogP contribution in [0.2, 0.25) is 0 Å². The predicted molar refractivity (Wildman–Crippen MR) is 153 cm³/mol. The maximum Gasteiger partial charge on any atom is 0.586 e. The van der Waals surface area contributed by atoms with Crippen LogP contribution in [-0.2, 0) is 16.8 Å². The van der Waals surface area contributed by atoms with Crippen LogP contribution in [-0.4, -0.2) is 23.3 Å². The highest BCUT2D eigenvalue weighted by molar-refractivity contribution is 5.92. The third-order valence-corrected chi connectivity index (χ3v) is 8.28. The van der Waals surface area contributed by atoms with Crippen LogP contribution >= 0.6 is 0 Å². The lowest BCUT2D eigenvalue weighted by atomic mass is 9.90. The van der Waals surface area contributed by atoms with E-state index in [-0.39, 0.29) is 23.0 Å². The molecule has 3 aliphatic rings. The molecule has 1 saturated carbocycles. The van der Waals surface area contributed by atoms with E-state index in [1.54, 1.807) is 30.3 Å². The first-order chi connectivity index (χ1) is 21.2. The number of ether oxygens (including phenoxy) is 4. The Kier molecular flexibility index (Phi) is 6.64. The molecule has 0 aromatic heterocycles. The standard InChI is InChI=1S/C34H27F2NO7/c35-34(36)43-27-12-9-23(16-30(27)44-34)33(13-14-33)32(40)37-26-18-28(21-7-4-8-22(15-21)31(38)39)42-29-17-24(10-11-25(26)29)41-19-20-5-2-1-3-6-20/h1-12,15-17,26,28H,13-14,18-19H2,(H,37,40)(H,38,39)/t26-,28-/m1/s1. The third kappa shape index (κ3) is 5.27. The Morgan fingerprint density at radius 2 is 1.68 bits per heavy atom. The van der Waals surface area contributed by atoms with Crippen molar-refractivity contribution in [3.8, 4) is 23.0 Å². The number of aromatic carboxylic acids is 1. The highest BCUT2D eigenvalue weighted by atomic mass is 19.3. The molecule has 224 valence electrons. The van der Waals surface area contributed by atoms with Gasteiger partial charge in [-0.3, -0.25) is 4.79 Å². The molecule has 7 rings (SSSR count). The molecule has 4 aromatic rings. The Bertz CT molecular complexity index is 1760. The number of nitrogens with one attached hydrogen (secondary N) is 1. The second kappa shape index (κ2) is 10.6. The molecule has 1 aliphatic carbocycles. The highest BCUT2D eigenvalue weighted by Crippen LogP contribution is 2.53. The first-order valence-corrected chi connectivity index (χ1v) is 14.2. The Morgan fingerprint density at radius 3 is 2.45 bits per heavy atom. The number of alkyl halides is 2. The van der Waals surface area contributed by atoms with E-state index in [1.165, 1.54) is 18.2 Å². The minimum Gasteiger partial charge on any atom is -0.489 e. The third-order valence-electron chi connectivity index (χ3n) is 8.28. The van der Waals surface area contributed by atoms with Crippen LogP contribution in [0.5, 0.6) is 23.0 Å². The van der Waals surface area contributed by atoms with E-state index in [1.807, 2.05) is 42.5 Å². The number of rotatable bonds is 8. The van der Waals surface area contributed by atoms with Crippen molar-refractivity contribution in [1.82, 2.24) is 5.32 Å². The number of hydrogen-bond donors (Lipinski definition) is 2. The number of carboxylic acids is 1. The lowest BCUT2D eigenvalue weighted by Crippen LogP contribution is -2.39. The van der Waals surface area contributed by atoms with Gasteiger partial charge in [-0.25, -0.2) is 4.79 Å². The minimum absolute atomic E-state index is 0.0787. The lowest BCUT2D eigenvalue weighted by molar-refractivity contribution is -0.286. The zero-order valence-corrected chi connectivity index (χ0v) is 23.3. The van der Waals surface area contributed by atoms with Crippen LogP contribution in [0.3, 0.4) is 0 Å². The molecule has 0 radical (unpaired) electrons. The maximum atomic E-state index is 13.9. The Morgan fingerprint density at radius 1 is 0.886 bits per heavy atom. The number of fused-ring (bicyclic) bond motifs is 2. The van der Waals surface area contributed by atoms with Crippen molar-refractivity contribution in [1.29, 1.82) is 0 Å². The molecule has 2 atom stereocenters. The van der Waals surface area contributed by atoms with Crippen LogP contribution in [0, 0.1) is 0 Å². The van der Waals surface area contributed by atoms with Crippen molar-refractivity contribution >= 4 is 11.9 Å². The van der Waals surface area contributed by atoms with Crippen molar-refractivity contribution in [2.45, 2.75) is 49.7 Å². The molecule has 10 heteroatoms. The van der Waals surface area contributed by atoms with Crippen molar-refractivity contribution in [3.05, 3.63) is 119 Å². The van der Waals surface area contributed by atoms with E-state index in [2.05, 4.69) is 14.8 Å². The van der Waals surface area contributed by atoms with Crippen LogP contribution in [0.4, 0.5) is 8.78 Å². The molecular weight excluding hydrogens is 572 g/mol. The van der Waals surface area contributed by atoms with Crippen molar-refractivity contribution in [3.63, 3.8) is 0 Å². The topological polar surface area (TPSA) is 103 Å². The number of carbonyl (C=O) groups excluding carboxylic acids is 1. The second-order valence-corrected chi connectivity index (χ2v) is 11.2. The highest BCUT2D eigenvalue weighted by Gasteiger charge is 2.53. The number of benzene rings is 4. The fraction of sp³-hybridized carbons (Fsp3) is 0.235. The van der Waals surface area contributed by atoms with Gasteiger partial charge in [0.25, 0.3) is 0 Å². The monoisotopic (exact) mass is 599 g/mol. The van der Waals surface area contributed by atoms with Gasteiger partial charge in [0.15, 0.2) is 11.5 Å². The summed E-state index contributed by atoms with van der Waals surface area (Å²) in [6.07, 6.45) is -2.88. The molecular formula is C34H27F2NO7. The molecule has 0 spiro atoms. The summed E-state index contributed by atoms with van der Waals surface area (Å²) in [4.78, 5) is 25.5. The van der Waals surface area contributed by atoms with E-state index >= 15 is 0 Å². The molecule has 0 bridgehead atoms. The Hall–Kier alpha value is -5.12. The summed E-state index contributed by atoms with van der Waals surface area (Å²) in [6, 6.07) is 25.7. The molecule has 2 N–H and O–H groups in total. The summed E-state index contributed by atoms with van der Waals surface area (Å²) in [6.45, 7) is 0.355. The summed E-state index contributed by atoms with van der Waals surface area (Å²) in [5.41, 5.74) is 2.20. The summed E-state index contributed by atoms with van der Waals surface area (Å²) in [5.74, 6) is -0.402. The van der Waals surface area contributed by atoms with Gasteiger partial charge in [0.05, 0.1) is 17.0 Å². The molecule has 0 unspecified atom stereocenters. The maximum absolute atomic E-state index is 13.9. The number of hydrogen-bond acceptors (Lipinski definition) is 6. The molecule has 2 heterocycles. The zero-order valence-electron chi connectivity index (χ0n) is 23.3. The largest absolute Gasteiger partial charge is 0.586 e. The van der Waals surface area contributed by atoms with Crippen molar-refractivity contribution in [2.75, 3.05) is 0 Å². The summed E-state index contributed by atoms with van der Waals surface area (Å²) >= 11 is 0. The van der Waals surface area contributed by atoms with E-state index in [4.69, 9.17) is 9.47 Å². The first kappa shape index (κ1) is 27.7. The molecule has 4 aromatic carbocycles. The molecule has 1 amide bonds.